The van der Waals surface area contributed by atoms with Crippen molar-refractivity contribution in [2.45, 2.75) is 0 Å². The van der Waals surface area contributed by atoms with E-state index in [0.29, 0.717) is 5.69 Å². The van der Waals surface area contributed by atoms with Crippen LogP contribution in [0, 0.1) is 0 Å². The van der Waals surface area contributed by atoms with Gasteiger partial charge in [-0.05, 0) is 24.3 Å². The molecule has 0 radical (unpaired) electrons. The summed E-state index contributed by atoms with van der Waals surface area (Å²) in [6, 6.07) is 7.38. The number of carboxylic acid groups (broad SMARTS) is 1. The van der Waals surface area contributed by atoms with Gasteiger partial charge in [0.25, 0.3) is 0 Å². The zero-order chi connectivity index (χ0) is 10.8. The van der Waals surface area contributed by atoms with Crippen LogP contribution in [-0.2, 0) is 0 Å². The number of nitrogens with one attached hydrogen (secondary N) is 1. The van der Waals surface area contributed by atoms with Crippen LogP contribution < -0.4 is 5.32 Å². The molecule has 15 heavy (non-hydrogen) atoms. The summed E-state index contributed by atoms with van der Waals surface area (Å²) in [5.74, 6) is 0. The fourth-order valence-electron chi connectivity index (χ4n) is 1.29. The number of benzene rings is 1. The van der Waals surface area contributed by atoms with Crippen LogP contribution in [0.2, 0.25) is 0 Å². The third-order valence-electron chi connectivity index (χ3n) is 1.89. The molecule has 0 saturated heterocycles. The van der Waals surface area contributed by atoms with E-state index in [0.717, 1.165) is 15.4 Å². The Hall–Kier alpha value is -1.62. The Morgan fingerprint density at radius 1 is 1.40 bits per heavy atom. The number of pyridine rings is 1. The molecule has 0 aliphatic rings. The molecule has 0 atom stereocenters. The number of nitrogens with zero attached hydrogens (tertiary/aromatic N) is 1. The predicted molar refractivity (Wildman–Crippen MR) is 61.1 cm³/mol. The molecule has 0 fully saturated rings. The highest BCUT2D eigenvalue weighted by Gasteiger charge is 2.01. The van der Waals surface area contributed by atoms with Gasteiger partial charge in [-0.1, -0.05) is 15.9 Å². The lowest BCUT2D eigenvalue weighted by molar-refractivity contribution is 0.209. The van der Waals surface area contributed by atoms with Crippen molar-refractivity contribution in [3.63, 3.8) is 0 Å². The van der Waals surface area contributed by atoms with E-state index < -0.39 is 6.09 Å². The molecule has 2 aromatic rings. The minimum atomic E-state index is -1.09. The van der Waals surface area contributed by atoms with Gasteiger partial charge in [-0.15, -0.1) is 0 Å². The van der Waals surface area contributed by atoms with Crippen LogP contribution >= 0.6 is 15.9 Å². The Morgan fingerprint density at radius 2 is 2.20 bits per heavy atom. The van der Waals surface area contributed by atoms with Crippen LogP contribution in [0.3, 0.4) is 0 Å². The molecule has 0 aliphatic carbocycles. The van der Waals surface area contributed by atoms with Crippen LogP contribution in [0.4, 0.5) is 10.5 Å². The van der Waals surface area contributed by atoms with Crippen molar-refractivity contribution in [2.24, 2.45) is 0 Å². The van der Waals surface area contributed by atoms with Crippen molar-refractivity contribution < 1.29 is 9.90 Å². The zero-order valence-electron chi connectivity index (χ0n) is 7.57. The highest BCUT2D eigenvalue weighted by molar-refractivity contribution is 9.10. The maximum absolute atomic E-state index is 10.4. The molecule has 2 N–H and O–H groups in total. The van der Waals surface area contributed by atoms with Crippen LogP contribution in [0.1, 0.15) is 0 Å². The van der Waals surface area contributed by atoms with Gasteiger partial charge >= 0.3 is 6.09 Å². The number of amides is 1. The number of halogens is 1. The lowest BCUT2D eigenvalue weighted by Gasteiger charge is -2.02. The van der Waals surface area contributed by atoms with E-state index in [9.17, 15) is 4.79 Å². The molecule has 76 valence electrons. The molecule has 0 saturated carbocycles. The van der Waals surface area contributed by atoms with E-state index >= 15 is 0 Å². The predicted octanol–water partition coefficient (Wildman–Crippen LogP) is 3.09. The summed E-state index contributed by atoms with van der Waals surface area (Å²) in [6.45, 7) is 0. The fourth-order valence-corrected chi connectivity index (χ4v) is 1.67. The first-order chi connectivity index (χ1) is 7.15. The van der Waals surface area contributed by atoms with Gasteiger partial charge in [-0.3, -0.25) is 10.3 Å². The van der Waals surface area contributed by atoms with Crippen LogP contribution in [-0.4, -0.2) is 16.2 Å². The summed E-state index contributed by atoms with van der Waals surface area (Å²) < 4.78 is 0.935. The maximum atomic E-state index is 10.4. The third-order valence-corrected chi connectivity index (χ3v) is 2.39. The second-order valence-corrected chi connectivity index (χ2v) is 3.91. The van der Waals surface area contributed by atoms with Gasteiger partial charge in [0.2, 0.25) is 0 Å². The van der Waals surface area contributed by atoms with Crippen molar-refractivity contribution in [3.05, 3.63) is 34.9 Å². The summed E-state index contributed by atoms with van der Waals surface area (Å²) in [7, 11) is 0. The Morgan fingerprint density at radius 3 is 2.93 bits per heavy atom. The normalized spacial score (nSPS) is 10.2. The number of hydrogen-bond donors (Lipinski definition) is 2. The molecule has 1 aromatic heterocycles. The Labute approximate surface area is 94.1 Å². The molecule has 4 nitrogen and oxygen atoms in total. The van der Waals surface area contributed by atoms with E-state index in [4.69, 9.17) is 5.11 Å². The number of hydrogen-bond acceptors (Lipinski definition) is 2. The van der Waals surface area contributed by atoms with Gasteiger partial charge in [-0.25, -0.2) is 4.79 Å². The average Bonchev–Trinajstić information content (AvgIpc) is 2.16. The van der Waals surface area contributed by atoms with Crippen molar-refractivity contribution in [3.8, 4) is 0 Å². The SMILES string of the molecule is O=C(O)Nc1cnc2ccc(Br)cc2c1. The molecule has 5 heteroatoms. The summed E-state index contributed by atoms with van der Waals surface area (Å²) in [5, 5.41) is 11.7. The average molecular weight is 267 g/mol. The fraction of sp³-hybridized carbons (Fsp3) is 0. The van der Waals surface area contributed by atoms with Gasteiger partial charge in [0, 0.05) is 9.86 Å². The molecule has 0 aliphatic heterocycles. The van der Waals surface area contributed by atoms with E-state index in [1.165, 1.54) is 6.20 Å². The Balaban J connectivity index is 2.49. The highest BCUT2D eigenvalue weighted by Crippen LogP contribution is 2.20. The van der Waals surface area contributed by atoms with E-state index in [1.807, 2.05) is 18.2 Å². The first-order valence-corrected chi connectivity index (χ1v) is 5.00. The van der Waals surface area contributed by atoms with E-state index in [1.54, 1.807) is 6.07 Å². The Kier molecular flexibility index (Phi) is 2.55. The van der Waals surface area contributed by atoms with E-state index in [-0.39, 0.29) is 0 Å². The lowest BCUT2D eigenvalue weighted by Crippen LogP contribution is -2.07. The molecule has 0 spiro atoms. The van der Waals surface area contributed by atoms with Gasteiger partial charge in [0.1, 0.15) is 0 Å². The van der Waals surface area contributed by atoms with E-state index in [2.05, 4.69) is 26.2 Å². The molecule has 2 rings (SSSR count). The number of aromatic nitrogens is 1. The minimum Gasteiger partial charge on any atom is -0.465 e. The quantitative estimate of drug-likeness (QED) is 0.834. The van der Waals surface area contributed by atoms with Gasteiger partial charge in [0.15, 0.2) is 0 Å². The molecule has 1 aromatic carbocycles. The van der Waals surface area contributed by atoms with Crippen molar-refractivity contribution in [2.75, 3.05) is 5.32 Å². The highest BCUT2D eigenvalue weighted by atomic mass is 79.9. The summed E-state index contributed by atoms with van der Waals surface area (Å²) in [5.41, 5.74) is 1.29. The van der Waals surface area contributed by atoms with Gasteiger partial charge in [-0.2, -0.15) is 0 Å². The van der Waals surface area contributed by atoms with Crippen LogP contribution in [0.15, 0.2) is 34.9 Å². The smallest absolute Gasteiger partial charge is 0.409 e. The first-order valence-electron chi connectivity index (χ1n) is 4.20. The number of rotatable bonds is 1. The minimum absolute atomic E-state index is 0.466. The molecular weight excluding hydrogens is 260 g/mol. The number of fused-ring (bicyclic) bond motifs is 1. The number of anilines is 1. The Bertz CT molecular complexity index is 528. The van der Waals surface area contributed by atoms with Crippen molar-refractivity contribution in [1.29, 1.82) is 0 Å². The zero-order valence-corrected chi connectivity index (χ0v) is 9.15. The molecule has 0 bridgehead atoms. The van der Waals surface area contributed by atoms with Crippen molar-refractivity contribution in [1.82, 2.24) is 4.98 Å². The first kappa shape index (κ1) is 9.92. The second kappa shape index (κ2) is 3.86. The topological polar surface area (TPSA) is 62.2 Å². The molecule has 1 amide bonds. The van der Waals surface area contributed by atoms with Gasteiger partial charge in [0.05, 0.1) is 17.4 Å². The van der Waals surface area contributed by atoms with Crippen molar-refractivity contribution >= 4 is 38.6 Å². The largest absolute Gasteiger partial charge is 0.465 e. The summed E-state index contributed by atoms with van der Waals surface area (Å²) in [6.07, 6.45) is 0.399. The summed E-state index contributed by atoms with van der Waals surface area (Å²) >= 11 is 3.34. The molecule has 0 unspecified atom stereocenters. The third kappa shape index (κ3) is 2.24. The summed E-state index contributed by atoms with van der Waals surface area (Å²) in [4.78, 5) is 14.6. The second-order valence-electron chi connectivity index (χ2n) is 2.99. The van der Waals surface area contributed by atoms with Crippen LogP contribution in [0.5, 0.6) is 0 Å². The molecular formula is C10H7BrN2O2. The lowest BCUT2D eigenvalue weighted by atomic mass is 10.2. The van der Waals surface area contributed by atoms with Crippen LogP contribution in [0.25, 0.3) is 10.9 Å². The van der Waals surface area contributed by atoms with Gasteiger partial charge < -0.3 is 5.11 Å². The maximum Gasteiger partial charge on any atom is 0.409 e. The number of carbonyl (C=O) groups is 1. The standard InChI is InChI=1S/C10H7BrN2O2/c11-7-1-2-9-6(3-7)4-8(5-12-9)13-10(14)15/h1-5,13H,(H,14,15). The monoisotopic (exact) mass is 266 g/mol. The molecule has 1 heterocycles.